The fourth-order valence-electron chi connectivity index (χ4n) is 1.45. The molecule has 0 amide bonds. The van der Waals surface area contributed by atoms with Gasteiger partial charge in [-0.15, -0.1) is 0 Å². The van der Waals surface area contributed by atoms with Crippen molar-refractivity contribution in [2.24, 2.45) is 5.92 Å². The summed E-state index contributed by atoms with van der Waals surface area (Å²) < 4.78 is 21.1. The van der Waals surface area contributed by atoms with Gasteiger partial charge in [-0.05, 0) is 27.7 Å². The predicted molar refractivity (Wildman–Crippen MR) is 82.5 cm³/mol. The van der Waals surface area contributed by atoms with Gasteiger partial charge in [0, 0.05) is 18.7 Å². The Morgan fingerprint density at radius 1 is 1.32 bits per heavy atom. The van der Waals surface area contributed by atoms with Crippen LogP contribution in [-0.2, 0) is 25.4 Å². The molecule has 0 aliphatic carbocycles. The average Bonchev–Trinajstić information content (AvgIpc) is 2.28. The van der Waals surface area contributed by atoms with Crippen molar-refractivity contribution in [2.75, 3.05) is 13.2 Å². The monoisotopic (exact) mass is 305 g/mol. The Balaban J connectivity index is 2.84. The van der Waals surface area contributed by atoms with Crippen LogP contribution in [0.25, 0.3) is 0 Å². The fourth-order valence-corrected chi connectivity index (χ4v) is 3.48. The molecule has 1 aliphatic rings. The van der Waals surface area contributed by atoms with E-state index in [9.17, 15) is 0 Å². The van der Waals surface area contributed by atoms with Crippen LogP contribution in [0.1, 0.15) is 34.6 Å². The summed E-state index contributed by atoms with van der Waals surface area (Å²) in [6.07, 6.45) is 1.80. The van der Waals surface area contributed by atoms with E-state index in [0.29, 0.717) is 19.1 Å². The largest absolute Gasteiger partial charge is 0.388 e. The molecule has 0 bridgehead atoms. The summed E-state index contributed by atoms with van der Waals surface area (Å²) in [5.41, 5.74) is 0.868. The summed E-state index contributed by atoms with van der Waals surface area (Å²) in [5, 5.41) is 3.12. The van der Waals surface area contributed by atoms with Crippen molar-refractivity contribution in [2.45, 2.75) is 34.6 Å². The van der Waals surface area contributed by atoms with Crippen molar-refractivity contribution in [1.29, 1.82) is 0 Å². The lowest BCUT2D eigenvalue weighted by molar-refractivity contribution is 0.191. The lowest BCUT2D eigenvalue weighted by atomic mass is 10.2. The second kappa shape index (κ2) is 7.22. The van der Waals surface area contributed by atoms with Crippen LogP contribution in [0.3, 0.4) is 0 Å². The van der Waals surface area contributed by atoms with E-state index in [1.807, 2.05) is 20.8 Å². The molecule has 0 aromatic carbocycles. The van der Waals surface area contributed by atoms with Gasteiger partial charge in [0.1, 0.15) is 0 Å². The molecular weight excluding hydrogens is 283 g/mol. The highest BCUT2D eigenvalue weighted by molar-refractivity contribution is 8.07. The number of nitrogens with one attached hydrogen (secondary N) is 1. The van der Waals surface area contributed by atoms with E-state index in [1.54, 1.807) is 6.08 Å². The third-order valence-electron chi connectivity index (χ3n) is 2.22. The van der Waals surface area contributed by atoms with Crippen LogP contribution in [0.5, 0.6) is 0 Å². The van der Waals surface area contributed by atoms with Crippen LogP contribution in [0.15, 0.2) is 12.0 Å². The molecule has 5 nitrogen and oxygen atoms in total. The summed E-state index contributed by atoms with van der Waals surface area (Å²) in [6, 6.07) is 0. The molecule has 0 fully saturated rings. The van der Waals surface area contributed by atoms with Crippen molar-refractivity contribution >= 4 is 30.1 Å². The number of rotatable bonds is 7. The Labute approximate surface area is 120 Å². The van der Waals surface area contributed by atoms with E-state index in [1.165, 1.54) is 0 Å². The number of nitrogens with zero attached hydrogens (tertiary/aromatic N) is 1. The molecule has 0 aromatic rings. The van der Waals surface area contributed by atoms with E-state index in [0.717, 1.165) is 11.5 Å². The van der Waals surface area contributed by atoms with Gasteiger partial charge in [-0.25, -0.2) is 4.67 Å². The maximum absolute atomic E-state index is 5.74. The molecule has 0 aromatic heterocycles. The topological polar surface area (TPSA) is 53.8 Å². The van der Waals surface area contributed by atoms with E-state index in [4.69, 9.17) is 25.4 Å². The minimum Gasteiger partial charge on any atom is -0.388 e. The molecule has 0 spiro atoms. The fraction of sp³-hybridized carbons (Fsp3) is 0.667. The van der Waals surface area contributed by atoms with Crippen LogP contribution < -0.4 is 9.98 Å². The summed E-state index contributed by atoms with van der Waals surface area (Å²) in [5.74, 6) is 1.67. The summed E-state index contributed by atoms with van der Waals surface area (Å²) in [7, 11) is 0. The first-order valence-electron chi connectivity index (χ1n) is 6.39. The van der Waals surface area contributed by atoms with Gasteiger partial charge in [0.25, 0.3) is 5.88 Å². The van der Waals surface area contributed by atoms with E-state index in [2.05, 4.69) is 23.8 Å². The molecule has 0 saturated carbocycles. The molecule has 0 unspecified atom stereocenters. The molecule has 0 atom stereocenters. The van der Waals surface area contributed by atoms with Gasteiger partial charge in [-0.1, -0.05) is 0 Å². The van der Waals surface area contributed by atoms with Gasteiger partial charge in [0.05, 0.1) is 25.2 Å². The van der Waals surface area contributed by atoms with Crippen LogP contribution >= 0.6 is 6.72 Å². The van der Waals surface area contributed by atoms with E-state index >= 15 is 0 Å². The molecule has 7 heteroatoms. The molecule has 1 aliphatic heterocycles. The summed E-state index contributed by atoms with van der Waals surface area (Å²) >= 11 is 5.34. The Kier molecular flexibility index (Phi) is 6.24. The molecule has 0 saturated heterocycles. The van der Waals surface area contributed by atoms with Crippen molar-refractivity contribution < 1.29 is 13.6 Å². The van der Waals surface area contributed by atoms with Crippen molar-refractivity contribution in [3.8, 4) is 0 Å². The second-order valence-corrected chi connectivity index (χ2v) is 7.24. The van der Waals surface area contributed by atoms with Crippen LogP contribution in [0, 0.1) is 5.92 Å². The maximum Gasteiger partial charge on any atom is 0.383 e. The summed E-state index contributed by atoms with van der Waals surface area (Å²) in [6.45, 7) is 7.94. The minimum absolute atomic E-state index is 0.277. The van der Waals surface area contributed by atoms with Gasteiger partial charge in [0.2, 0.25) is 5.71 Å². The van der Waals surface area contributed by atoms with Crippen LogP contribution in [0.2, 0.25) is 0 Å². The zero-order chi connectivity index (χ0) is 14.5. The molecule has 1 heterocycles. The third-order valence-corrected chi connectivity index (χ3v) is 4.64. The maximum atomic E-state index is 5.74. The molecular formula is C12H22N2O3PS+. The molecule has 1 N–H and O–H groups in total. The number of hydrogen-bond acceptors (Lipinski definition) is 5. The highest BCUT2D eigenvalue weighted by Gasteiger charge is 2.29. The van der Waals surface area contributed by atoms with Crippen LogP contribution in [0.4, 0.5) is 0 Å². The van der Waals surface area contributed by atoms with Gasteiger partial charge >= 0.3 is 12.6 Å². The molecule has 1 rings (SSSR count). The predicted octanol–water partition coefficient (Wildman–Crippen LogP) is 2.33. The van der Waals surface area contributed by atoms with E-state index < -0.39 is 6.72 Å². The Morgan fingerprint density at radius 3 is 2.37 bits per heavy atom. The number of amidine groups is 1. The van der Waals surface area contributed by atoms with Gasteiger partial charge in [0.15, 0.2) is 0 Å². The van der Waals surface area contributed by atoms with E-state index in [-0.39, 0.29) is 5.92 Å². The lowest BCUT2D eigenvalue weighted by Gasteiger charge is -2.21. The van der Waals surface area contributed by atoms with Crippen molar-refractivity contribution in [3.63, 3.8) is 0 Å². The SMILES string of the molecule is CCOP(=S)(OCC)OC1=CC(C)=[N+]=C(C(C)C)N1. The average molecular weight is 305 g/mol. The quantitative estimate of drug-likeness (QED) is 0.578. The highest BCUT2D eigenvalue weighted by Crippen LogP contribution is 2.51. The van der Waals surface area contributed by atoms with Crippen molar-refractivity contribution in [3.05, 3.63) is 12.0 Å². The number of allylic oxidation sites excluding steroid dienone is 1. The highest BCUT2D eigenvalue weighted by atomic mass is 32.5. The molecule has 0 radical (unpaired) electrons. The Bertz CT molecular complexity index is 458. The Morgan fingerprint density at radius 2 is 1.89 bits per heavy atom. The van der Waals surface area contributed by atoms with Gasteiger partial charge < -0.3 is 4.52 Å². The first-order chi connectivity index (χ1) is 8.90. The zero-order valence-electron chi connectivity index (χ0n) is 12.1. The zero-order valence-corrected chi connectivity index (χ0v) is 13.8. The molecule has 19 heavy (non-hydrogen) atoms. The Hall–Kier alpha value is -0.640. The van der Waals surface area contributed by atoms with Gasteiger partial charge in [-0.2, -0.15) is 5.32 Å². The standard InChI is InChI=1S/C12H21N2O3PS/c1-6-15-18(19,16-7-2)17-11-8-10(5)13-12(14-11)9(3)4/h8-9H,6-7H2,1-5H3/p+1. The normalized spacial score (nSPS) is 15.6. The summed E-state index contributed by atoms with van der Waals surface area (Å²) in [4.78, 5) is 0. The lowest BCUT2D eigenvalue weighted by Crippen LogP contribution is -2.34. The van der Waals surface area contributed by atoms with Crippen LogP contribution in [-0.4, -0.2) is 24.8 Å². The number of hydrogen-bond donors (Lipinski definition) is 1. The third kappa shape index (κ3) is 5.09. The smallest absolute Gasteiger partial charge is 0.383 e. The second-order valence-electron chi connectivity index (χ2n) is 4.30. The van der Waals surface area contributed by atoms with Crippen molar-refractivity contribution in [1.82, 2.24) is 9.98 Å². The molecule has 108 valence electrons. The first kappa shape index (κ1) is 16.4. The van der Waals surface area contributed by atoms with Gasteiger partial charge in [-0.3, -0.25) is 9.05 Å². The minimum atomic E-state index is -2.74. The first-order valence-corrected chi connectivity index (χ1v) is 8.95.